The Morgan fingerprint density at radius 1 is 1.24 bits per heavy atom. The Morgan fingerprint density at radius 3 is 2.73 bits per heavy atom. The zero-order valence-corrected chi connectivity index (χ0v) is 20.1. The topological polar surface area (TPSA) is 115 Å². The van der Waals surface area contributed by atoms with E-state index in [9.17, 15) is 9.59 Å². The Labute approximate surface area is 200 Å². The number of para-hydroxylation sites is 1. The van der Waals surface area contributed by atoms with Gasteiger partial charge < -0.3 is 20.7 Å². The summed E-state index contributed by atoms with van der Waals surface area (Å²) in [6.07, 6.45) is 0.853. The number of carbonyl (C=O) groups excluding carboxylic acids is 2. The molecular weight excluding hydrogens is 460 g/mol. The Morgan fingerprint density at radius 2 is 2.00 bits per heavy atom. The molecule has 1 aromatic carbocycles. The van der Waals surface area contributed by atoms with Crippen LogP contribution in [0.4, 0.5) is 10.9 Å². The third kappa shape index (κ3) is 5.05. The molecule has 0 unspecified atom stereocenters. The highest BCUT2D eigenvalue weighted by molar-refractivity contribution is 8.00. The van der Waals surface area contributed by atoms with Crippen molar-refractivity contribution in [1.29, 1.82) is 0 Å². The van der Waals surface area contributed by atoms with Crippen LogP contribution in [0.3, 0.4) is 0 Å². The van der Waals surface area contributed by atoms with Gasteiger partial charge >= 0.3 is 0 Å². The van der Waals surface area contributed by atoms with E-state index in [1.165, 1.54) is 23.1 Å². The molecule has 1 aliphatic rings. The molecule has 1 atom stereocenters. The van der Waals surface area contributed by atoms with Crippen LogP contribution in [0.2, 0.25) is 0 Å². The molecule has 0 aliphatic carbocycles. The first kappa shape index (κ1) is 23.3. The molecule has 3 aromatic rings. The first-order valence-electron chi connectivity index (χ1n) is 10.7. The largest absolute Gasteiger partial charge is 0.378 e. The van der Waals surface area contributed by atoms with E-state index in [0.29, 0.717) is 28.9 Å². The lowest BCUT2D eigenvalue weighted by molar-refractivity contribution is -0.115. The number of aryl methyl sites for hydroxylation is 1. The van der Waals surface area contributed by atoms with Crippen LogP contribution in [0, 0.1) is 0 Å². The van der Waals surface area contributed by atoms with Gasteiger partial charge in [0, 0.05) is 13.1 Å². The van der Waals surface area contributed by atoms with E-state index in [2.05, 4.69) is 33.4 Å². The number of hydrogen-bond acceptors (Lipinski definition) is 8. The number of amides is 2. The van der Waals surface area contributed by atoms with Crippen LogP contribution < -0.4 is 16.0 Å². The van der Waals surface area contributed by atoms with Gasteiger partial charge in [0.15, 0.2) is 5.16 Å². The number of thioether (sulfide) groups is 1. The predicted molar refractivity (Wildman–Crippen MR) is 131 cm³/mol. The van der Waals surface area contributed by atoms with Gasteiger partial charge in [-0.2, -0.15) is 0 Å². The van der Waals surface area contributed by atoms with Crippen molar-refractivity contribution in [2.75, 3.05) is 36.5 Å². The van der Waals surface area contributed by atoms with Crippen LogP contribution in [0.1, 0.15) is 29.8 Å². The molecule has 9 nitrogen and oxygen atoms in total. The molecular formula is C22H26N6O3S2. The Bertz CT molecular complexity index is 1140. The average Bonchev–Trinajstić information content (AvgIpc) is 3.46. The maximum absolute atomic E-state index is 12.9. The van der Waals surface area contributed by atoms with E-state index in [0.717, 1.165) is 36.7 Å². The molecule has 0 bridgehead atoms. The Hall–Kier alpha value is -2.89. The van der Waals surface area contributed by atoms with Crippen LogP contribution >= 0.6 is 23.1 Å². The van der Waals surface area contributed by atoms with Crippen molar-refractivity contribution in [3.05, 3.63) is 46.8 Å². The number of thiophene rings is 1. The summed E-state index contributed by atoms with van der Waals surface area (Å²) in [4.78, 5) is 26.6. The fourth-order valence-electron chi connectivity index (χ4n) is 3.57. The summed E-state index contributed by atoms with van der Waals surface area (Å²) in [6, 6.07) is 9.75. The van der Waals surface area contributed by atoms with E-state index < -0.39 is 11.2 Å². The summed E-state index contributed by atoms with van der Waals surface area (Å²) in [5, 5.41) is 14.1. The number of nitrogens with two attached hydrogens (primary N) is 1. The van der Waals surface area contributed by atoms with Crippen molar-refractivity contribution in [2.24, 2.45) is 5.73 Å². The van der Waals surface area contributed by atoms with Crippen molar-refractivity contribution >= 4 is 45.9 Å². The lowest BCUT2D eigenvalue weighted by Gasteiger charge is -2.28. The zero-order chi connectivity index (χ0) is 23.4. The van der Waals surface area contributed by atoms with Crippen LogP contribution in [0.5, 0.6) is 0 Å². The molecule has 33 heavy (non-hydrogen) atoms. The number of rotatable bonds is 8. The van der Waals surface area contributed by atoms with Gasteiger partial charge in [0.1, 0.15) is 5.00 Å². The smallest absolute Gasteiger partial charge is 0.251 e. The fourth-order valence-corrected chi connectivity index (χ4v) is 5.22. The molecule has 4 rings (SSSR count). The maximum atomic E-state index is 12.9. The van der Waals surface area contributed by atoms with Gasteiger partial charge in [-0.05, 0) is 36.4 Å². The summed E-state index contributed by atoms with van der Waals surface area (Å²) in [5.74, 6) is -0.0716. The second-order valence-corrected chi connectivity index (χ2v) is 9.70. The van der Waals surface area contributed by atoms with E-state index in [1.54, 1.807) is 18.4 Å². The van der Waals surface area contributed by atoms with Gasteiger partial charge in [-0.3, -0.25) is 14.2 Å². The first-order chi connectivity index (χ1) is 16.0. The summed E-state index contributed by atoms with van der Waals surface area (Å²) in [5.41, 5.74) is 7.86. The number of anilines is 2. The van der Waals surface area contributed by atoms with Gasteiger partial charge in [-0.15, -0.1) is 21.5 Å². The van der Waals surface area contributed by atoms with E-state index >= 15 is 0 Å². The molecule has 1 fully saturated rings. The second-order valence-electron chi connectivity index (χ2n) is 7.48. The number of morpholine rings is 1. The monoisotopic (exact) mass is 486 g/mol. The number of primary amides is 1. The van der Waals surface area contributed by atoms with E-state index in [4.69, 9.17) is 10.5 Å². The number of nitrogens with zero attached hydrogens (tertiary/aromatic N) is 4. The van der Waals surface area contributed by atoms with Crippen LogP contribution in [0.15, 0.2) is 40.9 Å². The van der Waals surface area contributed by atoms with Gasteiger partial charge in [0.05, 0.1) is 29.7 Å². The number of carbonyl (C=O) groups is 2. The molecule has 2 amide bonds. The number of benzene rings is 1. The lowest BCUT2D eigenvalue weighted by Crippen LogP contribution is -2.38. The quantitative estimate of drug-likeness (QED) is 0.470. The summed E-state index contributed by atoms with van der Waals surface area (Å²) >= 11 is 2.59. The molecule has 1 saturated heterocycles. The second kappa shape index (κ2) is 10.4. The fraction of sp³-hybridized carbons (Fsp3) is 0.364. The van der Waals surface area contributed by atoms with Crippen molar-refractivity contribution < 1.29 is 14.3 Å². The van der Waals surface area contributed by atoms with E-state index in [-0.39, 0.29) is 5.91 Å². The minimum Gasteiger partial charge on any atom is -0.378 e. The summed E-state index contributed by atoms with van der Waals surface area (Å²) < 4.78 is 7.53. The van der Waals surface area contributed by atoms with Crippen LogP contribution in [-0.4, -0.2) is 58.1 Å². The standard InChI is InChI=1S/C22H26N6O3S2/c1-3-15-6-4-5-7-17(15)28-21(27-9-11-31-12-10-27)25-26-22(28)33-14(2)19(30)24-20-16(18(23)29)8-13-32-20/h4-8,13-14H,3,9-12H2,1-2H3,(H2,23,29)(H,24,30)/t14-/m1/s1. The Kier molecular flexibility index (Phi) is 7.31. The third-order valence-corrected chi connectivity index (χ3v) is 7.21. The lowest BCUT2D eigenvalue weighted by atomic mass is 10.1. The number of ether oxygens (including phenoxy) is 1. The van der Waals surface area contributed by atoms with E-state index in [1.807, 2.05) is 22.8 Å². The maximum Gasteiger partial charge on any atom is 0.251 e. The van der Waals surface area contributed by atoms with Gasteiger partial charge in [0.25, 0.3) is 5.91 Å². The third-order valence-electron chi connectivity index (χ3n) is 5.34. The van der Waals surface area contributed by atoms with Crippen molar-refractivity contribution in [3.63, 3.8) is 0 Å². The van der Waals surface area contributed by atoms with Crippen LogP contribution in [0.25, 0.3) is 5.69 Å². The summed E-state index contributed by atoms with van der Waals surface area (Å²) in [7, 11) is 0. The molecule has 0 spiro atoms. The number of nitrogens with one attached hydrogen (secondary N) is 1. The summed E-state index contributed by atoms with van der Waals surface area (Å²) in [6.45, 7) is 6.62. The Balaban J connectivity index is 1.63. The SMILES string of the molecule is CCc1ccccc1-n1c(S[C@H](C)C(=O)Nc2sccc2C(N)=O)nnc1N1CCOCC1. The zero-order valence-electron chi connectivity index (χ0n) is 18.5. The molecule has 0 saturated carbocycles. The molecule has 1 aliphatic heterocycles. The van der Waals surface area contributed by atoms with Gasteiger partial charge in [-0.25, -0.2) is 0 Å². The van der Waals surface area contributed by atoms with Crippen LogP contribution in [-0.2, 0) is 16.0 Å². The molecule has 11 heteroatoms. The highest BCUT2D eigenvalue weighted by Crippen LogP contribution is 2.32. The molecule has 2 aromatic heterocycles. The normalized spacial score (nSPS) is 14.8. The predicted octanol–water partition coefficient (Wildman–Crippen LogP) is 2.95. The average molecular weight is 487 g/mol. The molecule has 174 valence electrons. The van der Waals surface area contributed by atoms with Crippen molar-refractivity contribution in [3.8, 4) is 5.69 Å². The molecule has 3 heterocycles. The highest BCUT2D eigenvalue weighted by atomic mass is 32.2. The molecule has 0 radical (unpaired) electrons. The minimum atomic E-state index is -0.571. The highest BCUT2D eigenvalue weighted by Gasteiger charge is 2.26. The van der Waals surface area contributed by atoms with Crippen molar-refractivity contribution in [2.45, 2.75) is 30.7 Å². The van der Waals surface area contributed by atoms with Crippen molar-refractivity contribution in [1.82, 2.24) is 14.8 Å². The number of aromatic nitrogens is 3. The minimum absolute atomic E-state index is 0.240. The molecule has 3 N–H and O–H groups in total. The number of hydrogen-bond donors (Lipinski definition) is 2. The first-order valence-corrected chi connectivity index (χ1v) is 12.5. The van der Waals surface area contributed by atoms with Gasteiger partial charge in [0.2, 0.25) is 11.9 Å². The van der Waals surface area contributed by atoms with Gasteiger partial charge in [-0.1, -0.05) is 36.9 Å².